The second kappa shape index (κ2) is 8.09. The monoisotopic (exact) mass is 429 g/mol. The highest BCUT2D eigenvalue weighted by atomic mass is 35.5. The zero-order valence-electron chi connectivity index (χ0n) is 16.0. The third-order valence-corrected chi connectivity index (χ3v) is 5.91. The van der Waals surface area contributed by atoms with Gasteiger partial charge < -0.3 is 15.2 Å². The van der Waals surface area contributed by atoms with Gasteiger partial charge in [0.15, 0.2) is 0 Å². The van der Waals surface area contributed by atoms with Gasteiger partial charge in [-0.25, -0.2) is 0 Å². The first kappa shape index (κ1) is 19.8. The summed E-state index contributed by atoms with van der Waals surface area (Å²) in [7, 11) is 0. The van der Waals surface area contributed by atoms with Crippen LogP contribution in [0.5, 0.6) is 0 Å². The molecular formula is C22H21Cl2N3O2. The molecule has 2 aromatic carbocycles. The van der Waals surface area contributed by atoms with Gasteiger partial charge in [0.05, 0.1) is 6.54 Å². The zero-order chi connectivity index (χ0) is 20.5. The maximum absolute atomic E-state index is 13.3. The van der Waals surface area contributed by atoms with E-state index in [9.17, 15) is 9.59 Å². The van der Waals surface area contributed by atoms with Crippen LogP contribution in [0.25, 0.3) is 10.9 Å². The summed E-state index contributed by atoms with van der Waals surface area (Å²) in [5, 5.41) is 5.18. The molecule has 0 fully saturated rings. The van der Waals surface area contributed by atoms with E-state index in [1.54, 1.807) is 11.0 Å². The molecule has 0 radical (unpaired) electrons. The van der Waals surface area contributed by atoms with Crippen LogP contribution in [-0.4, -0.2) is 34.3 Å². The van der Waals surface area contributed by atoms with E-state index in [4.69, 9.17) is 23.2 Å². The lowest BCUT2D eigenvalue weighted by Gasteiger charge is -2.31. The number of nitrogens with zero attached hydrogens (tertiary/aromatic N) is 1. The van der Waals surface area contributed by atoms with Crippen molar-refractivity contribution in [2.24, 2.45) is 0 Å². The molecule has 0 saturated carbocycles. The van der Waals surface area contributed by atoms with Gasteiger partial charge in [0.1, 0.15) is 6.04 Å². The Hall–Kier alpha value is -2.50. The number of H-pyrrole nitrogens is 1. The van der Waals surface area contributed by atoms with E-state index in [2.05, 4.69) is 10.3 Å². The van der Waals surface area contributed by atoms with Crippen LogP contribution in [0.3, 0.4) is 0 Å². The van der Waals surface area contributed by atoms with Gasteiger partial charge >= 0.3 is 0 Å². The Morgan fingerprint density at radius 1 is 1.21 bits per heavy atom. The number of halogens is 2. The van der Waals surface area contributed by atoms with Crippen LogP contribution < -0.4 is 5.32 Å². The highest BCUT2D eigenvalue weighted by molar-refractivity contribution is 6.31. The van der Waals surface area contributed by atoms with E-state index in [-0.39, 0.29) is 11.8 Å². The summed E-state index contributed by atoms with van der Waals surface area (Å²) in [6.07, 6.45) is 1.09. The number of aromatic nitrogens is 1. The molecule has 4 rings (SSSR count). The minimum absolute atomic E-state index is 0.109. The number of aromatic amines is 1. The molecule has 2 heterocycles. The van der Waals surface area contributed by atoms with E-state index in [0.717, 1.165) is 28.6 Å². The van der Waals surface area contributed by atoms with Crippen LogP contribution in [0.15, 0.2) is 42.5 Å². The third-order valence-electron chi connectivity index (χ3n) is 5.31. The Kier molecular flexibility index (Phi) is 5.52. The van der Waals surface area contributed by atoms with E-state index >= 15 is 0 Å². The third kappa shape index (κ3) is 4.11. The molecule has 0 saturated heterocycles. The molecule has 0 bridgehead atoms. The van der Waals surface area contributed by atoms with Crippen molar-refractivity contribution in [1.82, 2.24) is 15.2 Å². The summed E-state index contributed by atoms with van der Waals surface area (Å²) < 4.78 is 0. The molecule has 5 nitrogen and oxygen atoms in total. The summed E-state index contributed by atoms with van der Waals surface area (Å²) in [6, 6.07) is 12.5. The second-order valence-corrected chi connectivity index (χ2v) is 8.17. The topological polar surface area (TPSA) is 65.2 Å². The molecule has 0 aliphatic carbocycles. The van der Waals surface area contributed by atoms with E-state index in [1.165, 1.54) is 12.5 Å². The highest BCUT2D eigenvalue weighted by Crippen LogP contribution is 2.30. The van der Waals surface area contributed by atoms with Gasteiger partial charge in [-0.05, 0) is 41.8 Å². The molecule has 150 valence electrons. The number of hydrogen-bond acceptors (Lipinski definition) is 2. The summed E-state index contributed by atoms with van der Waals surface area (Å²) in [4.78, 5) is 30.2. The number of hydrogen-bond donors (Lipinski definition) is 2. The Bertz CT molecular complexity index is 1090. The molecule has 1 aliphatic heterocycles. The molecule has 3 aromatic rings. The molecule has 29 heavy (non-hydrogen) atoms. The molecule has 1 atom stereocenters. The van der Waals surface area contributed by atoms with Crippen molar-refractivity contribution < 1.29 is 9.59 Å². The van der Waals surface area contributed by atoms with Gasteiger partial charge in [0.2, 0.25) is 11.8 Å². The Morgan fingerprint density at radius 3 is 2.76 bits per heavy atom. The number of fused-ring (bicyclic) bond motifs is 3. The van der Waals surface area contributed by atoms with Gasteiger partial charge in [-0.1, -0.05) is 41.4 Å². The minimum atomic E-state index is -0.659. The van der Waals surface area contributed by atoms with Crippen LogP contribution in [0.2, 0.25) is 10.0 Å². The number of carbonyl (C=O) groups excluding carboxylic acids is 2. The first-order valence-electron chi connectivity index (χ1n) is 9.50. The highest BCUT2D eigenvalue weighted by Gasteiger charge is 2.30. The van der Waals surface area contributed by atoms with Crippen molar-refractivity contribution in [3.05, 3.63) is 69.3 Å². The van der Waals surface area contributed by atoms with Gasteiger partial charge in [-0.15, -0.1) is 0 Å². The van der Waals surface area contributed by atoms with Gasteiger partial charge in [-0.2, -0.15) is 0 Å². The van der Waals surface area contributed by atoms with Crippen LogP contribution in [0.1, 0.15) is 23.7 Å². The molecular weight excluding hydrogens is 409 g/mol. The largest absolute Gasteiger partial charge is 0.357 e. The lowest BCUT2D eigenvalue weighted by atomic mass is 10.0. The molecule has 1 aromatic heterocycles. The van der Waals surface area contributed by atoms with Crippen LogP contribution in [-0.2, 0) is 29.0 Å². The normalized spacial score (nSPS) is 14.5. The Balaban J connectivity index is 1.57. The molecule has 0 spiro atoms. The molecule has 2 amide bonds. The SMILES string of the molecule is CC(=O)N[C@H](Cc1ccccc1Cl)C(=O)N1CCc2c([nH]c3ccc(Cl)cc23)C1. The van der Waals surface area contributed by atoms with Crippen LogP contribution in [0.4, 0.5) is 0 Å². The standard InChI is InChI=1S/C22H21Cl2N3O2/c1-13(28)25-20(10-14-4-2-3-5-18(14)24)22(29)27-9-8-16-17-11-15(23)6-7-19(17)26-21(16)12-27/h2-7,11,20,26H,8-10,12H2,1H3,(H,25,28)/t20-/m1/s1. The molecule has 1 aliphatic rings. The summed E-state index contributed by atoms with van der Waals surface area (Å²) in [5.74, 6) is -0.351. The van der Waals surface area contributed by atoms with Crippen molar-refractivity contribution in [2.75, 3.05) is 6.54 Å². The number of nitrogens with one attached hydrogen (secondary N) is 2. The van der Waals surface area contributed by atoms with E-state index in [0.29, 0.717) is 29.6 Å². The second-order valence-electron chi connectivity index (χ2n) is 7.33. The summed E-state index contributed by atoms with van der Waals surface area (Å²) in [5.41, 5.74) is 4.07. The smallest absolute Gasteiger partial charge is 0.245 e. The average molecular weight is 430 g/mol. The minimum Gasteiger partial charge on any atom is -0.357 e. The van der Waals surface area contributed by atoms with Gasteiger partial charge in [0, 0.05) is 46.5 Å². The van der Waals surface area contributed by atoms with Crippen molar-refractivity contribution in [2.45, 2.75) is 32.4 Å². The fourth-order valence-corrected chi connectivity index (χ4v) is 4.34. The molecule has 7 heteroatoms. The van der Waals surface area contributed by atoms with Crippen LogP contribution in [0, 0.1) is 0 Å². The molecule has 2 N–H and O–H groups in total. The Labute approximate surface area is 179 Å². The maximum atomic E-state index is 13.3. The van der Waals surface area contributed by atoms with Crippen molar-refractivity contribution in [3.63, 3.8) is 0 Å². The van der Waals surface area contributed by atoms with Gasteiger partial charge in [0.25, 0.3) is 0 Å². The lowest BCUT2D eigenvalue weighted by Crippen LogP contribution is -2.50. The first-order chi connectivity index (χ1) is 13.9. The quantitative estimate of drug-likeness (QED) is 0.655. The van der Waals surface area contributed by atoms with Gasteiger partial charge in [-0.3, -0.25) is 9.59 Å². The lowest BCUT2D eigenvalue weighted by molar-refractivity contribution is -0.136. The van der Waals surface area contributed by atoms with Crippen molar-refractivity contribution >= 4 is 45.9 Å². The average Bonchev–Trinajstić information content (AvgIpc) is 3.05. The molecule has 0 unspecified atom stereocenters. The number of amides is 2. The Morgan fingerprint density at radius 2 is 2.00 bits per heavy atom. The summed E-state index contributed by atoms with van der Waals surface area (Å²) >= 11 is 12.4. The predicted octanol–water partition coefficient (Wildman–Crippen LogP) is 4.11. The van der Waals surface area contributed by atoms with Crippen molar-refractivity contribution in [1.29, 1.82) is 0 Å². The predicted molar refractivity (Wildman–Crippen MR) is 115 cm³/mol. The maximum Gasteiger partial charge on any atom is 0.245 e. The summed E-state index contributed by atoms with van der Waals surface area (Å²) in [6.45, 7) is 2.48. The van der Waals surface area contributed by atoms with E-state index < -0.39 is 6.04 Å². The number of carbonyl (C=O) groups is 2. The van der Waals surface area contributed by atoms with Crippen LogP contribution >= 0.6 is 23.2 Å². The zero-order valence-corrected chi connectivity index (χ0v) is 17.5. The first-order valence-corrected chi connectivity index (χ1v) is 10.3. The van der Waals surface area contributed by atoms with E-state index in [1.807, 2.05) is 36.4 Å². The number of benzene rings is 2. The number of rotatable bonds is 4. The van der Waals surface area contributed by atoms with Crippen molar-refractivity contribution in [3.8, 4) is 0 Å². The fourth-order valence-electron chi connectivity index (χ4n) is 3.95. The fraction of sp³-hybridized carbons (Fsp3) is 0.273.